The van der Waals surface area contributed by atoms with Gasteiger partial charge in [0.2, 0.25) is 0 Å². The van der Waals surface area contributed by atoms with E-state index in [1.54, 1.807) is 6.26 Å². The van der Waals surface area contributed by atoms with Crippen molar-refractivity contribution in [2.75, 3.05) is 18.2 Å². The number of para-hydroxylation sites is 1. The molecule has 0 saturated carbocycles. The van der Waals surface area contributed by atoms with E-state index < -0.39 is 10.8 Å². The van der Waals surface area contributed by atoms with Crippen molar-refractivity contribution in [2.24, 2.45) is 0 Å². The van der Waals surface area contributed by atoms with Gasteiger partial charge in [0.15, 0.2) is 0 Å². The van der Waals surface area contributed by atoms with Gasteiger partial charge in [0.25, 0.3) is 0 Å². The van der Waals surface area contributed by atoms with Crippen LogP contribution in [0, 0.1) is 6.92 Å². The Morgan fingerprint density at radius 3 is 2.52 bits per heavy atom. The molecule has 3 aromatic rings. The first-order chi connectivity index (χ1) is 11.1. The third kappa shape index (κ3) is 3.27. The number of nitrogens with zero attached hydrogens (tertiary/aromatic N) is 2. The van der Waals surface area contributed by atoms with Crippen LogP contribution in [0.2, 0.25) is 0 Å². The number of fused-ring (bicyclic) bond motifs is 1. The van der Waals surface area contributed by atoms with Gasteiger partial charge in [-0.3, -0.25) is 9.19 Å². The van der Waals surface area contributed by atoms with Gasteiger partial charge in [-0.15, -0.1) is 0 Å². The fourth-order valence-corrected chi connectivity index (χ4v) is 3.31. The Morgan fingerprint density at radius 1 is 1.09 bits per heavy atom. The molecular formula is C19H20N2OS. The minimum absolute atomic E-state index is 0.795. The number of hydrogen-bond acceptors (Lipinski definition) is 3. The highest BCUT2D eigenvalue weighted by molar-refractivity contribution is 7.84. The van der Waals surface area contributed by atoms with Gasteiger partial charge < -0.3 is 4.90 Å². The highest BCUT2D eigenvalue weighted by atomic mass is 32.2. The van der Waals surface area contributed by atoms with Crippen molar-refractivity contribution in [3.8, 4) is 0 Å². The van der Waals surface area contributed by atoms with Crippen molar-refractivity contribution in [3.05, 3.63) is 65.9 Å². The van der Waals surface area contributed by atoms with Gasteiger partial charge in [-0.25, -0.2) is 0 Å². The van der Waals surface area contributed by atoms with Gasteiger partial charge in [-0.2, -0.15) is 0 Å². The Balaban J connectivity index is 1.90. The summed E-state index contributed by atoms with van der Waals surface area (Å²) in [5.74, 6) is 0. The summed E-state index contributed by atoms with van der Waals surface area (Å²) < 4.78 is 11.5. The van der Waals surface area contributed by atoms with Gasteiger partial charge in [-0.1, -0.05) is 30.3 Å². The Kier molecular flexibility index (Phi) is 4.44. The maximum atomic E-state index is 11.5. The van der Waals surface area contributed by atoms with Crippen LogP contribution >= 0.6 is 0 Å². The summed E-state index contributed by atoms with van der Waals surface area (Å²) in [6.07, 6.45) is 3.57. The molecule has 1 heterocycles. The number of hydrogen-bond donors (Lipinski definition) is 0. The third-order valence-corrected chi connectivity index (χ3v) is 4.97. The number of benzene rings is 2. The molecule has 0 radical (unpaired) electrons. The smallest absolute Gasteiger partial charge is 0.0751 e. The summed E-state index contributed by atoms with van der Waals surface area (Å²) in [6, 6.07) is 16.3. The molecule has 3 rings (SSSR count). The molecule has 0 N–H and O–H groups in total. The summed E-state index contributed by atoms with van der Waals surface area (Å²) in [6.45, 7) is 2.88. The average Bonchev–Trinajstić information content (AvgIpc) is 2.55. The first-order valence-electron chi connectivity index (χ1n) is 7.54. The molecular weight excluding hydrogens is 304 g/mol. The van der Waals surface area contributed by atoms with E-state index in [0.717, 1.165) is 17.0 Å². The molecule has 0 amide bonds. The molecule has 1 atom stereocenters. The van der Waals surface area contributed by atoms with Crippen molar-refractivity contribution < 1.29 is 4.21 Å². The van der Waals surface area contributed by atoms with Crippen molar-refractivity contribution in [3.63, 3.8) is 0 Å². The standard InChI is InChI=1S/C19H20N2OS/c1-14-5-4-6-17-18(11-12-20-19(14)17)21(2)13-15-7-9-16(10-8-15)23(3)22/h4-12H,13H2,1-3H3. The second-order valence-electron chi connectivity index (χ2n) is 5.76. The fourth-order valence-electron chi connectivity index (χ4n) is 2.79. The van der Waals surface area contributed by atoms with Gasteiger partial charge in [0.05, 0.1) is 5.52 Å². The Morgan fingerprint density at radius 2 is 1.83 bits per heavy atom. The minimum Gasteiger partial charge on any atom is -0.370 e. The number of rotatable bonds is 4. The SMILES string of the molecule is Cc1cccc2c(N(C)Cc3ccc(S(C)=O)cc3)ccnc12. The molecule has 0 spiro atoms. The maximum absolute atomic E-state index is 11.5. The van der Waals surface area contributed by atoms with Crippen LogP contribution in [0.4, 0.5) is 5.69 Å². The second-order valence-corrected chi connectivity index (χ2v) is 7.13. The zero-order chi connectivity index (χ0) is 16.4. The highest BCUT2D eigenvalue weighted by Crippen LogP contribution is 2.27. The molecule has 0 aliphatic heterocycles. The van der Waals surface area contributed by atoms with E-state index >= 15 is 0 Å². The molecule has 1 unspecified atom stereocenters. The van der Waals surface area contributed by atoms with E-state index in [9.17, 15) is 4.21 Å². The number of aromatic nitrogens is 1. The quantitative estimate of drug-likeness (QED) is 0.729. The predicted octanol–water partition coefficient (Wildman–Crippen LogP) is 3.92. The van der Waals surface area contributed by atoms with Crippen LogP contribution in [0.3, 0.4) is 0 Å². The first kappa shape index (κ1) is 15.7. The van der Waals surface area contributed by atoms with E-state index in [0.29, 0.717) is 0 Å². The third-order valence-electron chi connectivity index (χ3n) is 4.04. The van der Waals surface area contributed by atoms with Crippen LogP contribution in [-0.2, 0) is 17.3 Å². The normalized spacial score (nSPS) is 12.3. The Labute approximate surface area is 139 Å². The van der Waals surface area contributed by atoms with E-state index in [1.165, 1.54) is 22.2 Å². The molecule has 0 saturated heterocycles. The lowest BCUT2D eigenvalue weighted by molar-refractivity contribution is 0.687. The zero-order valence-electron chi connectivity index (χ0n) is 13.6. The van der Waals surface area contributed by atoms with Gasteiger partial charge in [0, 0.05) is 52.8 Å². The highest BCUT2D eigenvalue weighted by Gasteiger charge is 2.09. The monoisotopic (exact) mass is 324 g/mol. The molecule has 0 bridgehead atoms. The lowest BCUT2D eigenvalue weighted by Crippen LogP contribution is -2.16. The molecule has 3 nitrogen and oxygen atoms in total. The van der Waals surface area contributed by atoms with Crippen LogP contribution in [0.15, 0.2) is 59.6 Å². The molecule has 2 aromatic carbocycles. The minimum atomic E-state index is -0.929. The Hall–Kier alpha value is -2.20. The largest absolute Gasteiger partial charge is 0.370 e. The van der Waals surface area contributed by atoms with Crippen LogP contribution < -0.4 is 4.90 Å². The maximum Gasteiger partial charge on any atom is 0.0751 e. The molecule has 23 heavy (non-hydrogen) atoms. The summed E-state index contributed by atoms with van der Waals surface area (Å²) in [5.41, 5.74) is 4.60. The zero-order valence-corrected chi connectivity index (χ0v) is 14.4. The van der Waals surface area contributed by atoms with Gasteiger partial charge in [-0.05, 0) is 36.2 Å². The van der Waals surface area contributed by atoms with Crippen molar-refractivity contribution >= 4 is 27.4 Å². The topological polar surface area (TPSA) is 33.2 Å². The van der Waals surface area contributed by atoms with Crippen molar-refractivity contribution in [1.29, 1.82) is 0 Å². The van der Waals surface area contributed by atoms with Crippen LogP contribution in [0.25, 0.3) is 10.9 Å². The van der Waals surface area contributed by atoms with Crippen molar-refractivity contribution in [1.82, 2.24) is 4.98 Å². The number of pyridine rings is 1. The van der Waals surface area contributed by atoms with Gasteiger partial charge in [0.1, 0.15) is 0 Å². The lowest BCUT2D eigenvalue weighted by atomic mass is 10.1. The summed E-state index contributed by atoms with van der Waals surface area (Å²) in [5, 5.41) is 1.17. The molecule has 4 heteroatoms. The summed E-state index contributed by atoms with van der Waals surface area (Å²) in [4.78, 5) is 7.59. The van der Waals surface area contributed by atoms with Crippen molar-refractivity contribution in [2.45, 2.75) is 18.4 Å². The van der Waals surface area contributed by atoms with Crippen LogP contribution in [0.5, 0.6) is 0 Å². The number of aryl methyl sites for hydroxylation is 1. The van der Waals surface area contributed by atoms with Crippen LogP contribution in [0.1, 0.15) is 11.1 Å². The molecule has 0 fully saturated rings. The molecule has 0 aliphatic carbocycles. The van der Waals surface area contributed by atoms with E-state index in [-0.39, 0.29) is 0 Å². The average molecular weight is 324 g/mol. The number of anilines is 1. The fraction of sp³-hybridized carbons (Fsp3) is 0.211. The van der Waals surface area contributed by atoms with Gasteiger partial charge >= 0.3 is 0 Å². The summed E-state index contributed by atoms with van der Waals surface area (Å²) in [7, 11) is 1.16. The van der Waals surface area contributed by atoms with Crippen LogP contribution in [-0.4, -0.2) is 22.5 Å². The Bertz CT molecular complexity index is 859. The second kappa shape index (κ2) is 6.50. The lowest BCUT2D eigenvalue weighted by Gasteiger charge is -2.21. The summed E-state index contributed by atoms with van der Waals surface area (Å²) >= 11 is 0. The van der Waals surface area contributed by atoms with E-state index in [2.05, 4.69) is 48.1 Å². The molecule has 1 aromatic heterocycles. The predicted molar refractivity (Wildman–Crippen MR) is 97.4 cm³/mol. The van der Waals surface area contributed by atoms with E-state index in [1.807, 2.05) is 30.5 Å². The molecule has 0 aliphatic rings. The van der Waals surface area contributed by atoms with E-state index in [4.69, 9.17) is 0 Å². The molecule has 118 valence electrons. The first-order valence-corrected chi connectivity index (χ1v) is 9.10.